The fraction of sp³-hybridized carbons (Fsp3) is 0.286. The number of likely N-dealkylation sites (N-methyl/N-ethyl adjacent to an activating group) is 1. The number of aliphatic hydroxyl groups excluding tert-OH is 1. The van der Waals surface area contributed by atoms with E-state index in [1.165, 1.54) is 5.56 Å². The number of ether oxygens (including phenoxy) is 1. The van der Waals surface area contributed by atoms with E-state index in [1.54, 1.807) is 0 Å². The minimum absolute atomic E-state index is 0.122. The van der Waals surface area contributed by atoms with Crippen molar-refractivity contribution in [3.05, 3.63) is 70.7 Å². The molecule has 5 heteroatoms. The number of aliphatic hydroxyl groups is 1. The lowest BCUT2D eigenvalue weighted by molar-refractivity contribution is 0.214. The van der Waals surface area contributed by atoms with E-state index in [0.717, 1.165) is 22.9 Å². The zero-order valence-electron chi connectivity index (χ0n) is 14.9. The van der Waals surface area contributed by atoms with E-state index in [-0.39, 0.29) is 6.61 Å². The molecule has 1 heterocycles. The van der Waals surface area contributed by atoms with Gasteiger partial charge in [0, 0.05) is 35.5 Å². The van der Waals surface area contributed by atoms with Crippen LogP contribution in [0.15, 0.2) is 54.6 Å². The van der Waals surface area contributed by atoms with Crippen molar-refractivity contribution < 1.29 is 9.84 Å². The fourth-order valence-electron chi connectivity index (χ4n) is 2.86. The number of hydrogen-bond donors (Lipinski definition) is 1. The molecule has 136 valence electrons. The number of halogens is 1. The van der Waals surface area contributed by atoms with E-state index in [2.05, 4.69) is 23.2 Å². The molecule has 2 aromatic carbocycles. The monoisotopic (exact) mass is 370 g/mol. The Balaban J connectivity index is 1.81. The topological polar surface area (TPSA) is 45.6 Å². The summed E-state index contributed by atoms with van der Waals surface area (Å²) >= 11 is 6.10. The molecule has 26 heavy (non-hydrogen) atoms. The zero-order chi connectivity index (χ0) is 18.4. The van der Waals surface area contributed by atoms with Crippen molar-refractivity contribution in [3.8, 4) is 5.88 Å². The summed E-state index contributed by atoms with van der Waals surface area (Å²) in [5, 5.41) is 10.8. The van der Waals surface area contributed by atoms with Gasteiger partial charge in [0.2, 0.25) is 5.88 Å². The second-order valence-electron chi connectivity index (χ2n) is 6.34. The van der Waals surface area contributed by atoms with Crippen molar-refractivity contribution in [2.45, 2.75) is 13.0 Å². The van der Waals surface area contributed by atoms with Gasteiger partial charge in [0.25, 0.3) is 0 Å². The Morgan fingerprint density at radius 3 is 2.69 bits per heavy atom. The van der Waals surface area contributed by atoms with Crippen LogP contribution in [-0.2, 0) is 13.0 Å². The second kappa shape index (κ2) is 8.99. The first kappa shape index (κ1) is 18.6. The molecule has 3 rings (SSSR count). The predicted octanol–water partition coefficient (Wildman–Crippen LogP) is 3.93. The van der Waals surface area contributed by atoms with Crippen LogP contribution in [0.3, 0.4) is 0 Å². The Morgan fingerprint density at radius 2 is 1.92 bits per heavy atom. The molecule has 0 saturated heterocycles. The molecule has 1 aromatic heterocycles. The number of benzene rings is 2. The van der Waals surface area contributed by atoms with Crippen LogP contribution in [0.4, 0.5) is 0 Å². The number of hydrogen-bond acceptors (Lipinski definition) is 4. The summed E-state index contributed by atoms with van der Waals surface area (Å²) in [6.07, 6.45) is 0.821. The van der Waals surface area contributed by atoms with Gasteiger partial charge in [0.05, 0.1) is 18.7 Å². The maximum atomic E-state index is 9.15. The third-order valence-electron chi connectivity index (χ3n) is 4.21. The zero-order valence-corrected chi connectivity index (χ0v) is 15.6. The van der Waals surface area contributed by atoms with E-state index in [4.69, 9.17) is 21.4 Å². The average Bonchev–Trinajstić information content (AvgIpc) is 2.63. The molecular weight excluding hydrogens is 348 g/mol. The second-order valence-corrected chi connectivity index (χ2v) is 6.77. The lowest BCUT2D eigenvalue weighted by atomic mass is 10.1. The quantitative estimate of drug-likeness (QED) is 0.652. The van der Waals surface area contributed by atoms with Gasteiger partial charge < -0.3 is 9.84 Å². The van der Waals surface area contributed by atoms with E-state index in [0.29, 0.717) is 30.6 Å². The summed E-state index contributed by atoms with van der Waals surface area (Å²) in [4.78, 5) is 6.73. The Bertz CT molecular complexity index is 855. The van der Waals surface area contributed by atoms with Gasteiger partial charge >= 0.3 is 0 Å². The molecule has 0 radical (unpaired) electrons. The smallest absolute Gasteiger partial charge is 0.218 e. The first-order valence-corrected chi connectivity index (χ1v) is 9.09. The molecule has 0 saturated carbocycles. The highest BCUT2D eigenvalue weighted by molar-refractivity contribution is 6.31. The largest absolute Gasteiger partial charge is 0.477 e. The van der Waals surface area contributed by atoms with Gasteiger partial charge in [-0.2, -0.15) is 0 Å². The average molecular weight is 371 g/mol. The summed E-state index contributed by atoms with van der Waals surface area (Å²) in [5.41, 5.74) is 3.06. The third kappa shape index (κ3) is 4.94. The molecule has 0 amide bonds. The fourth-order valence-corrected chi connectivity index (χ4v) is 3.02. The van der Waals surface area contributed by atoms with Gasteiger partial charge in [-0.05, 0) is 30.8 Å². The van der Waals surface area contributed by atoms with Crippen molar-refractivity contribution in [1.29, 1.82) is 0 Å². The van der Waals surface area contributed by atoms with Crippen LogP contribution in [0.25, 0.3) is 10.9 Å². The summed E-state index contributed by atoms with van der Waals surface area (Å²) in [5.74, 6) is 0.625. The molecule has 0 atom stereocenters. The van der Waals surface area contributed by atoms with Gasteiger partial charge in [0.1, 0.15) is 0 Å². The summed E-state index contributed by atoms with van der Waals surface area (Å²) < 4.78 is 6.02. The third-order valence-corrected chi connectivity index (χ3v) is 4.45. The Hall–Kier alpha value is -2.14. The molecule has 0 bridgehead atoms. The number of nitrogens with zero attached hydrogens (tertiary/aromatic N) is 2. The molecule has 1 N–H and O–H groups in total. The summed E-state index contributed by atoms with van der Waals surface area (Å²) in [6, 6.07) is 18.0. The van der Waals surface area contributed by atoms with Crippen molar-refractivity contribution >= 4 is 22.5 Å². The Morgan fingerprint density at radius 1 is 1.12 bits per heavy atom. The van der Waals surface area contributed by atoms with E-state index < -0.39 is 0 Å². The summed E-state index contributed by atoms with van der Waals surface area (Å²) in [7, 11) is 1.97. The van der Waals surface area contributed by atoms with Crippen LogP contribution in [0.5, 0.6) is 5.88 Å². The minimum Gasteiger partial charge on any atom is -0.477 e. The highest BCUT2D eigenvalue weighted by atomic mass is 35.5. The van der Waals surface area contributed by atoms with Crippen molar-refractivity contribution in [2.24, 2.45) is 0 Å². The Labute approximate surface area is 159 Å². The van der Waals surface area contributed by atoms with Crippen molar-refractivity contribution in [2.75, 3.05) is 26.8 Å². The molecule has 0 aliphatic rings. The van der Waals surface area contributed by atoms with Crippen LogP contribution >= 0.6 is 11.6 Å². The molecule has 3 aromatic rings. The molecule has 0 fully saturated rings. The molecule has 4 nitrogen and oxygen atoms in total. The van der Waals surface area contributed by atoms with Gasteiger partial charge in [-0.25, -0.2) is 4.98 Å². The minimum atomic E-state index is 0.122. The standard InChI is InChI=1S/C21H23ClN2O2/c1-24(10-11-25)15-18-13-17-7-8-19(22)14-20(17)23-21(18)26-12-9-16-5-3-2-4-6-16/h2-8,13-14,25H,9-12,15H2,1H3. The molecule has 0 aliphatic carbocycles. The summed E-state index contributed by atoms with van der Waals surface area (Å²) in [6.45, 7) is 1.94. The first-order chi connectivity index (χ1) is 12.7. The van der Waals surface area contributed by atoms with E-state index in [1.807, 2.05) is 48.3 Å². The first-order valence-electron chi connectivity index (χ1n) is 8.71. The lowest BCUT2D eigenvalue weighted by Crippen LogP contribution is -2.22. The van der Waals surface area contributed by atoms with Crippen molar-refractivity contribution in [1.82, 2.24) is 9.88 Å². The highest BCUT2D eigenvalue weighted by Crippen LogP contribution is 2.26. The van der Waals surface area contributed by atoms with E-state index >= 15 is 0 Å². The van der Waals surface area contributed by atoms with Gasteiger partial charge in [0.15, 0.2) is 0 Å². The molecule has 0 spiro atoms. The lowest BCUT2D eigenvalue weighted by Gasteiger charge is -2.18. The Kier molecular flexibility index (Phi) is 6.45. The van der Waals surface area contributed by atoms with Gasteiger partial charge in [-0.15, -0.1) is 0 Å². The van der Waals surface area contributed by atoms with Gasteiger partial charge in [-0.3, -0.25) is 4.90 Å². The van der Waals surface area contributed by atoms with Gasteiger partial charge in [-0.1, -0.05) is 48.0 Å². The molecule has 0 aliphatic heterocycles. The molecule has 0 unspecified atom stereocenters. The maximum Gasteiger partial charge on any atom is 0.218 e. The number of pyridine rings is 1. The van der Waals surface area contributed by atoms with E-state index in [9.17, 15) is 0 Å². The SMILES string of the molecule is CN(CCO)Cc1cc2ccc(Cl)cc2nc1OCCc1ccccc1. The van der Waals surface area contributed by atoms with Crippen molar-refractivity contribution in [3.63, 3.8) is 0 Å². The number of aromatic nitrogens is 1. The van der Waals surface area contributed by atoms with Crippen LogP contribution in [0.1, 0.15) is 11.1 Å². The number of fused-ring (bicyclic) bond motifs is 1. The normalized spacial score (nSPS) is 11.2. The predicted molar refractivity (Wildman–Crippen MR) is 106 cm³/mol. The highest BCUT2D eigenvalue weighted by Gasteiger charge is 2.11. The van der Waals surface area contributed by atoms with Crippen LogP contribution in [0.2, 0.25) is 5.02 Å². The number of rotatable bonds is 8. The van der Waals surface area contributed by atoms with Crippen LogP contribution < -0.4 is 4.74 Å². The van der Waals surface area contributed by atoms with Crippen LogP contribution in [-0.4, -0.2) is 41.8 Å². The molecular formula is C21H23ClN2O2. The maximum absolute atomic E-state index is 9.15. The van der Waals surface area contributed by atoms with Crippen LogP contribution in [0, 0.1) is 0 Å².